The van der Waals surface area contributed by atoms with E-state index in [-0.39, 0.29) is 0 Å². The third-order valence-corrected chi connectivity index (χ3v) is 3.14. The molecule has 0 aliphatic rings. The van der Waals surface area contributed by atoms with E-state index in [0.29, 0.717) is 0 Å². The summed E-state index contributed by atoms with van der Waals surface area (Å²) in [5.74, 6) is 0. The molecular formula is C5H8O11S2. The second kappa shape index (κ2) is 5.35. The van der Waals surface area contributed by atoms with Gasteiger partial charge in [-0.05, 0) is 0 Å². The third kappa shape index (κ3) is 4.05. The van der Waals surface area contributed by atoms with Crippen LogP contribution in [0.5, 0.6) is 0 Å². The van der Waals surface area contributed by atoms with Gasteiger partial charge in [-0.2, -0.15) is 16.8 Å². The van der Waals surface area contributed by atoms with Crippen LogP contribution < -0.4 is 0 Å². The van der Waals surface area contributed by atoms with Crippen molar-refractivity contribution in [3.8, 4) is 0 Å². The topological polar surface area (TPSA) is 204 Å². The predicted octanol–water partition coefficient (Wildman–Crippen LogP) is -4.10. The van der Waals surface area contributed by atoms with Crippen molar-refractivity contribution in [1.29, 1.82) is 0 Å². The maximum atomic E-state index is 10.7. The Balaban J connectivity index is 5.15. The highest BCUT2D eigenvalue weighted by molar-refractivity contribution is 8.01. The molecule has 5 N–H and O–H groups in total. The number of aliphatic hydroxyl groups is 3. The monoisotopic (exact) mass is 308 g/mol. The number of aliphatic hydroxyl groups excluding tert-OH is 3. The minimum Gasteiger partial charge on any atom is -0.387 e. The van der Waals surface area contributed by atoms with Gasteiger partial charge in [0.15, 0.2) is 12.2 Å². The first-order valence-corrected chi connectivity index (χ1v) is 6.75. The van der Waals surface area contributed by atoms with Crippen LogP contribution in [0.2, 0.25) is 0 Å². The Bertz CT molecular complexity index is 492. The number of hydrogen-bond acceptors (Lipinski definition) is 9. The smallest absolute Gasteiger partial charge is 0.331 e. The van der Waals surface area contributed by atoms with E-state index in [1.165, 1.54) is 0 Å². The first kappa shape index (κ1) is 17.0. The summed E-state index contributed by atoms with van der Waals surface area (Å²) >= 11 is 0. The first-order chi connectivity index (χ1) is 7.80. The fourth-order valence-electron chi connectivity index (χ4n) is 0.757. The second-order valence-electron chi connectivity index (χ2n) is 2.97. The maximum absolute atomic E-state index is 10.7. The zero-order chi connectivity index (χ0) is 14.9. The molecule has 0 saturated carbocycles. The number of carbonyl (C=O) groups is 2. The molecule has 11 nitrogen and oxygen atoms in total. The summed E-state index contributed by atoms with van der Waals surface area (Å²) in [4.78, 5) is 21.4. The standard InChI is InChI=1S/C5H8O11S2/c6-1(2(7)4(9)17(11,12)13)3(8)5(10)18(14,15)16/h1-3,6-8H,(H,11,12,13)(H,14,15,16)/t1?,2-,3+. The van der Waals surface area contributed by atoms with E-state index in [0.717, 1.165) is 0 Å². The molecule has 0 amide bonds. The van der Waals surface area contributed by atoms with Crippen LogP contribution in [0.1, 0.15) is 0 Å². The maximum Gasteiger partial charge on any atom is 0.331 e. The van der Waals surface area contributed by atoms with Gasteiger partial charge in [-0.1, -0.05) is 0 Å². The molecule has 106 valence electrons. The molecule has 0 aliphatic heterocycles. The Hall–Kier alpha value is -0.960. The molecule has 0 saturated heterocycles. The van der Waals surface area contributed by atoms with E-state index in [9.17, 15) is 26.4 Å². The highest BCUT2D eigenvalue weighted by Gasteiger charge is 2.42. The average molecular weight is 308 g/mol. The van der Waals surface area contributed by atoms with E-state index >= 15 is 0 Å². The molecule has 0 radical (unpaired) electrons. The molecule has 0 aromatic heterocycles. The van der Waals surface area contributed by atoms with Gasteiger partial charge >= 0.3 is 30.5 Å². The summed E-state index contributed by atoms with van der Waals surface area (Å²) in [6, 6.07) is 0. The molecule has 0 bridgehead atoms. The molecule has 13 heteroatoms. The summed E-state index contributed by atoms with van der Waals surface area (Å²) in [5.41, 5.74) is 0. The van der Waals surface area contributed by atoms with Gasteiger partial charge in [0, 0.05) is 0 Å². The Morgan fingerprint density at radius 1 is 0.722 bits per heavy atom. The minimum atomic E-state index is -5.43. The molecule has 1 unspecified atom stereocenters. The van der Waals surface area contributed by atoms with E-state index < -0.39 is 48.8 Å². The lowest BCUT2D eigenvalue weighted by atomic mass is 10.1. The van der Waals surface area contributed by atoms with Crippen LogP contribution in [0, 0.1) is 0 Å². The number of carbonyl (C=O) groups excluding carboxylic acids is 2. The molecule has 0 heterocycles. The van der Waals surface area contributed by atoms with Crippen molar-refractivity contribution >= 4 is 30.5 Å². The molecule has 0 aliphatic carbocycles. The highest BCUT2D eigenvalue weighted by Crippen LogP contribution is 2.08. The molecule has 18 heavy (non-hydrogen) atoms. The predicted molar refractivity (Wildman–Crippen MR) is 51.1 cm³/mol. The van der Waals surface area contributed by atoms with Gasteiger partial charge in [0.05, 0.1) is 0 Å². The summed E-state index contributed by atoms with van der Waals surface area (Å²) < 4.78 is 57.5. The van der Waals surface area contributed by atoms with Crippen molar-refractivity contribution in [3.63, 3.8) is 0 Å². The summed E-state index contributed by atoms with van der Waals surface area (Å²) in [6.07, 6.45) is -8.85. The quantitative estimate of drug-likeness (QED) is 0.315. The van der Waals surface area contributed by atoms with Crippen LogP contribution in [0.3, 0.4) is 0 Å². The van der Waals surface area contributed by atoms with Crippen molar-refractivity contribution < 1.29 is 50.8 Å². The number of rotatable bonds is 4. The van der Waals surface area contributed by atoms with Gasteiger partial charge in [-0.25, -0.2) is 0 Å². The fraction of sp³-hybridized carbons (Fsp3) is 0.600. The van der Waals surface area contributed by atoms with Crippen molar-refractivity contribution in [2.75, 3.05) is 0 Å². The molecule has 0 aromatic carbocycles. The van der Waals surface area contributed by atoms with Crippen LogP contribution in [-0.2, 0) is 29.8 Å². The largest absolute Gasteiger partial charge is 0.387 e. The van der Waals surface area contributed by atoms with Crippen LogP contribution in [0.4, 0.5) is 0 Å². The van der Waals surface area contributed by atoms with Gasteiger partial charge in [-0.3, -0.25) is 18.7 Å². The molecular weight excluding hydrogens is 300 g/mol. The van der Waals surface area contributed by atoms with Crippen LogP contribution in [0.25, 0.3) is 0 Å². The zero-order valence-electron chi connectivity index (χ0n) is 8.23. The van der Waals surface area contributed by atoms with Gasteiger partial charge in [-0.15, -0.1) is 0 Å². The van der Waals surface area contributed by atoms with Crippen molar-refractivity contribution in [2.45, 2.75) is 18.3 Å². The lowest BCUT2D eigenvalue weighted by Gasteiger charge is -2.18. The first-order valence-electron chi connectivity index (χ1n) is 3.87. The fourth-order valence-corrected chi connectivity index (χ4v) is 1.65. The molecule has 0 aromatic rings. The highest BCUT2D eigenvalue weighted by atomic mass is 32.2. The van der Waals surface area contributed by atoms with Crippen molar-refractivity contribution in [1.82, 2.24) is 0 Å². The Morgan fingerprint density at radius 2 is 0.944 bits per heavy atom. The van der Waals surface area contributed by atoms with Crippen molar-refractivity contribution in [2.24, 2.45) is 0 Å². The summed E-state index contributed by atoms with van der Waals surface area (Å²) in [6.45, 7) is 0. The zero-order valence-corrected chi connectivity index (χ0v) is 9.87. The summed E-state index contributed by atoms with van der Waals surface area (Å²) in [7, 11) is -10.9. The minimum absolute atomic E-state index is 2.36. The number of hydrogen-bond donors (Lipinski definition) is 5. The normalized spacial score (nSPS) is 17.8. The van der Waals surface area contributed by atoms with Gasteiger partial charge in [0.2, 0.25) is 0 Å². The van der Waals surface area contributed by atoms with Gasteiger partial charge in [0.25, 0.3) is 0 Å². The molecule has 3 atom stereocenters. The van der Waals surface area contributed by atoms with E-state index in [1.54, 1.807) is 0 Å². The van der Waals surface area contributed by atoms with E-state index in [1.807, 2.05) is 0 Å². The van der Waals surface area contributed by atoms with E-state index in [2.05, 4.69) is 0 Å². The average Bonchev–Trinajstić information content (AvgIpc) is 2.21. The summed E-state index contributed by atoms with van der Waals surface area (Å²) in [5, 5.41) is 22.0. The van der Waals surface area contributed by atoms with Gasteiger partial charge in [0.1, 0.15) is 6.10 Å². The van der Waals surface area contributed by atoms with E-state index in [4.69, 9.17) is 24.4 Å². The molecule has 0 rings (SSSR count). The van der Waals surface area contributed by atoms with Gasteiger partial charge < -0.3 is 15.3 Å². The SMILES string of the molecule is O=C([C@@H](O)C(O)[C@@H](O)C(=O)S(=O)(=O)O)S(=O)(=O)O. The Kier molecular flexibility index (Phi) is 5.07. The van der Waals surface area contributed by atoms with Crippen LogP contribution >= 0.6 is 0 Å². The Morgan fingerprint density at radius 3 is 1.11 bits per heavy atom. The van der Waals surface area contributed by atoms with Crippen molar-refractivity contribution in [3.05, 3.63) is 0 Å². The molecule has 0 fully saturated rings. The Labute approximate surface area is 100 Å². The second-order valence-corrected chi connectivity index (χ2v) is 5.67. The third-order valence-electron chi connectivity index (χ3n) is 1.64. The van der Waals surface area contributed by atoms with Crippen LogP contribution in [0.15, 0.2) is 0 Å². The van der Waals surface area contributed by atoms with Crippen LogP contribution in [-0.4, -0.2) is 69.8 Å². The lowest BCUT2D eigenvalue weighted by molar-refractivity contribution is -0.138. The molecule has 0 spiro atoms. The lowest BCUT2D eigenvalue weighted by Crippen LogP contribution is -2.49.